The zero-order valence-electron chi connectivity index (χ0n) is 15.6. The summed E-state index contributed by atoms with van der Waals surface area (Å²) in [5, 5.41) is 6.39. The van der Waals surface area contributed by atoms with Gasteiger partial charge in [0.1, 0.15) is 0 Å². The lowest BCUT2D eigenvalue weighted by Crippen LogP contribution is -2.55. The SMILES string of the molecule is CCOC(=O)[C@H]1C2CCC(CC2)[C@H]1NCCc1cccc2ccccc12. The van der Waals surface area contributed by atoms with E-state index in [0.717, 1.165) is 13.0 Å². The molecule has 0 aromatic heterocycles. The molecular weight excluding hydrogens is 322 g/mol. The van der Waals surface area contributed by atoms with E-state index in [0.29, 0.717) is 18.4 Å². The summed E-state index contributed by atoms with van der Waals surface area (Å²) in [7, 11) is 0. The molecule has 2 aromatic carbocycles. The highest BCUT2D eigenvalue weighted by Crippen LogP contribution is 2.45. The minimum absolute atomic E-state index is 0.0181. The molecule has 5 rings (SSSR count). The molecule has 0 radical (unpaired) electrons. The standard InChI is InChI=1S/C23H29NO2/c1-2-26-23(25)21-18-10-12-19(13-11-18)22(21)24-15-14-17-8-5-7-16-6-3-4-9-20(16)17/h3-9,18-19,21-22,24H,2,10-15H2,1H3/t18?,19?,21-,22+/m0/s1. The number of carbonyl (C=O) groups excluding carboxylic acids is 1. The Morgan fingerprint density at radius 2 is 1.77 bits per heavy atom. The van der Waals surface area contributed by atoms with Gasteiger partial charge in [-0.1, -0.05) is 42.5 Å². The fourth-order valence-corrected chi connectivity index (χ4v) is 5.20. The van der Waals surface area contributed by atoms with E-state index in [4.69, 9.17) is 4.74 Å². The number of carbonyl (C=O) groups is 1. The molecule has 2 bridgehead atoms. The van der Waals surface area contributed by atoms with Crippen LogP contribution in [0.15, 0.2) is 42.5 Å². The number of esters is 1. The van der Waals surface area contributed by atoms with Gasteiger partial charge in [-0.05, 0) is 73.7 Å². The van der Waals surface area contributed by atoms with Crippen LogP contribution in [0, 0.1) is 17.8 Å². The minimum atomic E-state index is 0.0181. The Bertz CT molecular complexity index is 758. The third-order valence-electron chi connectivity index (χ3n) is 6.43. The molecule has 2 aromatic rings. The van der Waals surface area contributed by atoms with E-state index in [-0.39, 0.29) is 17.9 Å². The molecule has 0 amide bonds. The molecule has 0 saturated heterocycles. The first-order chi connectivity index (χ1) is 12.8. The second kappa shape index (κ2) is 7.79. The fourth-order valence-electron chi connectivity index (χ4n) is 5.20. The van der Waals surface area contributed by atoms with Crippen molar-refractivity contribution in [3.8, 4) is 0 Å². The predicted molar refractivity (Wildman–Crippen MR) is 105 cm³/mol. The Morgan fingerprint density at radius 3 is 2.58 bits per heavy atom. The Hall–Kier alpha value is -1.87. The predicted octanol–water partition coefficient (Wildman–Crippen LogP) is 4.34. The number of fused-ring (bicyclic) bond motifs is 4. The van der Waals surface area contributed by atoms with Crippen LogP contribution in [0.2, 0.25) is 0 Å². The van der Waals surface area contributed by atoms with Gasteiger partial charge in [0.25, 0.3) is 0 Å². The Morgan fingerprint density at radius 1 is 1.04 bits per heavy atom. The fraction of sp³-hybridized carbons (Fsp3) is 0.522. The average molecular weight is 351 g/mol. The maximum atomic E-state index is 12.5. The molecular formula is C23H29NO2. The van der Waals surface area contributed by atoms with Gasteiger partial charge in [-0.25, -0.2) is 0 Å². The Kier molecular flexibility index (Phi) is 5.26. The molecule has 3 heteroatoms. The minimum Gasteiger partial charge on any atom is -0.466 e. The number of benzene rings is 2. The van der Waals surface area contributed by atoms with Crippen LogP contribution in [0.1, 0.15) is 38.2 Å². The van der Waals surface area contributed by atoms with Crippen molar-refractivity contribution in [2.45, 2.75) is 45.1 Å². The third-order valence-corrected chi connectivity index (χ3v) is 6.43. The molecule has 0 aliphatic heterocycles. The lowest BCUT2D eigenvalue weighted by molar-refractivity contribution is -0.156. The maximum Gasteiger partial charge on any atom is 0.310 e. The van der Waals surface area contributed by atoms with Crippen molar-refractivity contribution >= 4 is 16.7 Å². The van der Waals surface area contributed by atoms with E-state index in [1.165, 1.54) is 42.0 Å². The second-order valence-corrected chi connectivity index (χ2v) is 7.82. The van der Waals surface area contributed by atoms with Crippen LogP contribution in [0.3, 0.4) is 0 Å². The largest absolute Gasteiger partial charge is 0.466 e. The first-order valence-corrected chi connectivity index (χ1v) is 10.1. The van der Waals surface area contributed by atoms with Crippen molar-refractivity contribution in [3.63, 3.8) is 0 Å². The summed E-state index contributed by atoms with van der Waals surface area (Å²) in [6.07, 6.45) is 5.88. The number of hydrogen-bond acceptors (Lipinski definition) is 3. The number of ether oxygens (including phenoxy) is 1. The average Bonchev–Trinajstić information content (AvgIpc) is 2.69. The quantitative estimate of drug-likeness (QED) is 0.787. The monoisotopic (exact) mass is 351 g/mol. The van der Waals surface area contributed by atoms with Gasteiger partial charge < -0.3 is 10.1 Å². The van der Waals surface area contributed by atoms with Gasteiger partial charge >= 0.3 is 5.97 Å². The zero-order chi connectivity index (χ0) is 17.9. The van der Waals surface area contributed by atoms with Gasteiger partial charge in [-0.15, -0.1) is 0 Å². The summed E-state index contributed by atoms with van der Waals surface area (Å²) in [6.45, 7) is 3.30. The highest BCUT2D eigenvalue weighted by molar-refractivity contribution is 5.85. The summed E-state index contributed by atoms with van der Waals surface area (Å²) >= 11 is 0. The van der Waals surface area contributed by atoms with E-state index in [1.807, 2.05) is 6.92 Å². The summed E-state index contributed by atoms with van der Waals surface area (Å²) < 4.78 is 5.41. The normalized spacial score (nSPS) is 27.6. The van der Waals surface area contributed by atoms with Crippen molar-refractivity contribution in [2.75, 3.05) is 13.2 Å². The van der Waals surface area contributed by atoms with Crippen LogP contribution in [-0.4, -0.2) is 25.2 Å². The van der Waals surface area contributed by atoms with E-state index in [2.05, 4.69) is 47.8 Å². The number of nitrogens with one attached hydrogen (secondary N) is 1. The lowest BCUT2D eigenvalue weighted by Gasteiger charge is -2.47. The molecule has 3 nitrogen and oxygen atoms in total. The number of rotatable bonds is 6. The van der Waals surface area contributed by atoms with E-state index >= 15 is 0 Å². The van der Waals surface area contributed by atoms with Crippen LogP contribution in [0.25, 0.3) is 10.8 Å². The molecule has 3 aliphatic carbocycles. The third kappa shape index (κ3) is 3.37. The maximum absolute atomic E-state index is 12.5. The molecule has 138 valence electrons. The van der Waals surface area contributed by atoms with Crippen molar-refractivity contribution < 1.29 is 9.53 Å². The van der Waals surface area contributed by atoms with Gasteiger partial charge in [0.15, 0.2) is 0 Å². The van der Waals surface area contributed by atoms with Crippen LogP contribution in [-0.2, 0) is 16.0 Å². The van der Waals surface area contributed by atoms with Crippen LogP contribution in [0.5, 0.6) is 0 Å². The highest BCUT2D eigenvalue weighted by Gasteiger charge is 2.47. The van der Waals surface area contributed by atoms with E-state index in [1.54, 1.807) is 0 Å². The molecule has 3 aliphatic rings. The van der Waals surface area contributed by atoms with Crippen LogP contribution < -0.4 is 5.32 Å². The summed E-state index contributed by atoms with van der Waals surface area (Å²) in [5.74, 6) is 1.20. The number of hydrogen-bond donors (Lipinski definition) is 1. The van der Waals surface area contributed by atoms with Crippen molar-refractivity contribution in [3.05, 3.63) is 48.0 Å². The van der Waals surface area contributed by atoms with Crippen LogP contribution >= 0.6 is 0 Å². The second-order valence-electron chi connectivity index (χ2n) is 7.82. The first kappa shape index (κ1) is 17.5. The molecule has 26 heavy (non-hydrogen) atoms. The van der Waals surface area contributed by atoms with Gasteiger partial charge in [-0.2, -0.15) is 0 Å². The van der Waals surface area contributed by atoms with E-state index in [9.17, 15) is 4.79 Å². The molecule has 2 atom stereocenters. The van der Waals surface area contributed by atoms with Crippen molar-refractivity contribution in [1.29, 1.82) is 0 Å². The lowest BCUT2D eigenvalue weighted by atomic mass is 9.61. The molecule has 3 fully saturated rings. The Labute approximate surface area is 156 Å². The molecule has 0 unspecified atom stereocenters. The molecule has 0 heterocycles. The van der Waals surface area contributed by atoms with Crippen molar-refractivity contribution in [1.82, 2.24) is 5.32 Å². The van der Waals surface area contributed by atoms with Gasteiger partial charge in [0, 0.05) is 6.04 Å². The summed E-state index contributed by atoms with van der Waals surface area (Å²) in [6, 6.07) is 15.4. The topological polar surface area (TPSA) is 38.3 Å². The van der Waals surface area contributed by atoms with E-state index < -0.39 is 0 Å². The summed E-state index contributed by atoms with van der Waals surface area (Å²) in [5.41, 5.74) is 1.38. The Balaban J connectivity index is 1.45. The zero-order valence-corrected chi connectivity index (χ0v) is 15.6. The smallest absolute Gasteiger partial charge is 0.310 e. The molecule has 0 spiro atoms. The summed E-state index contributed by atoms with van der Waals surface area (Å²) in [4.78, 5) is 12.5. The van der Waals surface area contributed by atoms with Gasteiger partial charge in [-0.3, -0.25) is 4.79 Å². The van der Waals surface area contributed by atoms with Crippen LogP contribution in [0.4, 0.5) is 0 Å². The van der Waals surface area contributed by atoms with Gasteiger partial charge in [0.2, 0.25) is 0 Å². The molecule has 1 N–H and O–H groups in total. The highest BCUT2D eigenvalue weighted by atomic mass is 16.5. The van der Waals surface area contributed by atoms with Gasteiger partial charge in [0.05, 0.1) is 12.5 Å². The molecule has 3 saturated carbocycles. The first-order valence-electron chi connectivity index (χ1n) is 10.1. The van der Waals surface area contributed by atoms with Crippen molar-refractivity contribution in [2.24, 2.45) is 17.8 Å².